The number of rotatable bonds is 3. The summed E-state index contributed by atoms with van der Waals surface area (Å²) in [5, 5.41) is 0. The van der Waals surface area contributed by atoms with Gasteiger partial charge in [0.25, 0.3) is 0 Å². The molecule has 0 radical (unpaired) electrons. The van der Waals surface area contributed by atoms with Crippen molar-refractivity contribution in [2.45, 2.75) is 26.6 Å². The fourth-order valence-electron chi connectivity index (χ4n) is 2.31. The van der Waals surface area contributed by atoms with Crippen LogP contribution in [0.5, 0.6) is 0 Å². The van der Waals surface area contributed by atoms with Crippen LogP contribution in [0.1, 0.15) is 19.4 Å². The molecule has 2 heteroatoms. The fraction of sp³-hybridized carbons (Fsp3) is 0.538. The molecule has 0 aromatic heterocycles. The molecule has 1 aliphatic heterocycles. The van der Waals surface area contributed by atoms with Gasteiger partial charge in [-0.1, -0.05) is 37.3 Å². The molecular formula is C13H20N2. The SMILES string of the molecule is CCN1CCN(Cc2ccccc2)C1C. The van der Waals surface area contributed by atoms with Gasteiger partial charge in [0.1, 0.15) is 0 Å². The quantitative estimate of drug-likeness (QED) is 0.744. The predicted octanol–water partition coefficient (Wildman–Crippen LogP) is 2.17. The van der Waals surface area contributed by atoms with E-state index < -0.39 is 0 Å². The first-order chi connectivity index (χ1) is 7.31. The largest absolute Gasteiger partial charge is 0.287 e. The summed E-state index contributed by atoms with van der Waals surface area (Å²) < 4.78 is 0. The van der Waals surface area contributed by atoms with Crippen LogP contribution < -0.4 is 0 Å². The Bertz CT molecular complexity index is 297. The van der Waals surface area contributed by atoms with Crippen molar-refractivity contribution in [1.29, 1.82) is 0 Å². The molecule has 1 fully saturated rings. The van der Waals surface area contributed by atoms with E-state index in [-0.39, 0.29) is 0 Å². The van der Waals surface area contributed by atoms with E-state index in [1.807, 2.05) is 0 Å². The molecule has 1 aromatic rings. The second-order valence-electron chi connectivity index (χ2n) is 4.22. The summed E-state index contributed by atoms with van der Waals surface area (Å²) in [6.45, 7) is 9.20. The van der Waals surface area contributed by atoms with Crippen molar-refractivity contribution in [2.75, 3.05) is 19.6 Å². The number of hydrogen-bond acceptors (Lipinski definition) is 2. The Morgan fingerprint density at radius 1 is 1.13 bits per heavy atom. The molecule has 0 N–H and O–H groups in total. The Kier molecular flexibility index (Phi) is 3.39. The standard InChI is InChI=1S/C13H20N2/c1-3-14-9-10-15(12(14)2)11-13-7-5-4-6-8-13/h4-8,12H,3,9-11H2,1-2H3. The van der Waals surface area contributed by atoms with Gasteiger partial charge in [0.15, 0.2) is 0 Å². The average Bonchev–Trinajstić information content (AvgIpc) is 2.62. The second kappa shape index (κ2) is 4.77. The molecule has 15 heavy (non-hydrogen) atoms. The maximum atomic E-state index is 2.54. The molecule has 2 nitrogen and oxygen atoms in total. The van der Waals surface area contributed by atoms with E-state index in [4.69, 9.17) is 0 Å². The molecular weight excluding hydrogens is 184 g/mol. The first-order valence-corrected chi connectivity index (χ1v) is 5.83. The maximum Gasteiger partial charge on any atom is 0.0597 e. The Balaban J connectivity index is 1.96. The lowest BCUT2D eigenvalue weighted by atomic mass is 10.2. The summed E-state index contributed by atoms with van der Waals surface area (Å²) in [7, 11) is 0. The Labute approximate surface area is 92.5 Å². The molecule has 1 heterocycles. The molecule has 0 aliphatic carbocycles. The number of benzene rings is 1. The minimum Gasteiger partial charge on any atom is -0.287 e. The van der Waals surface area contributed by atoms with Gasteiger partial charge in [-0.3, -0.25) is 9.80 Å². The molecule has 82 valence electrons. The normalized spacial score (nSPS) is 23.5. The van der Waals surface area contributed by atoms with Gasteiger partial charge >= 0.3 is 0 Å². The lowest BCUT2D eigenvalue weighted by Gasteiger charge is -2.25. The summed E-state index contributed by atoms with van der Waals surface area (Å²) in [6, 6.07) is 10.7. The summed E-state index contributed by atoms with van der Waals surface area (Å²) >= 11 is 0. The van der Waals surface area contributed by atoms with E-state index in [0.29, 0.717) is 6.17 Å². The second-order valence-corrected chi connectivity index (χ2v) is 4.22. The van der Waals surface area contributed by atoms with Gasteiger partial charge < -0.3 is 0 Å². The molecule has 0 saturated carbocycles. The lowest BCUT2D eigenvalue weighted by molar-refractivity contribution is 0.153. The first-order valence-electron chi connectivity index (χ1n) is 5.83. The lowest BCUT2D eigenvalue weighted by Crippen LogP contribution is -2.35. The van der Waals surface area contributed by atoms with E-state index in [1.54, 1.807) is 0 Å². The molecule has 0 bridgehead atoms. The van der Waals surface area contributed by atoms with Crippen LogP contribution in [-0.4, -0.2) is 35.6 Å². The van der Waals surface area contributed by atoms with Crippen LogP contribution in [0.15, 0.2) is 30.3 Å². The van der Waals surface area contributed by atoms with Crippen molar-refractivity contribution < 1.29 is 0 Å². The van der Waals surface area contributed by atoms with Crippen LogP contribution in [-0.2, 0) is 6.54 Å². The highest BCUT2D eigenvalue weighted by Gasteiger charge is 2.26. The zero-order chi connectivity index (χ0) is 10.7. The van der Waals surface area contributed by atoms with Crippen molar-refractivity contribution in [3.8, 4) is 0 Å². The third kappa shape index (κ3) is 2.39. The van der Waals surface area contributed by atoms with E-state index >= 15 is 0 Å². The van der Waals surface area contributed by atoms with Crippen molar-refractivity contribution in [2.24, 2.45) is 0 Å². The molecule has 1 unspecified atom stereocenters. The minimum absolute atomic E-state index is 0.593. The zero-order valence-electron chi connectivity index (χ0n) is 9.69. The molecule has 1 aromatic carbocycles. The van der Waals surface area contributed by atoms with Crippen molar-refractivity contribution >= 4 is 0 Å². The van der Waals surface area contributed by atoms with Crippen molar-refractivity contribution in [3.05, 3.63) is 35.9 Å². The smallest absolute Gasteiger partial charge is 0.0597 e. The third-order valence-electron chi connectivity index (χ3n) is 3.37. The van der Waals surface area contributed by atoms with Gasteiger partial charge in [0, 0.05) is 19.6 Å². The fourth-order valence-corrected chi connectivity index (χ4v) is 2.31. The maximum absolute atomic E-state index is 2.54. The summed E-state index contributed by atoms with van der Waals surface area (Å²) in [4.78, 5) is 5.06. The molecule has 1 atom stereocenters. The van der Waals surface area contributed by atoms with Crippen LogP contribution in [0, 0.1) is 0 Å². The highest BCUT2D eigenvalue weighted by Crippen LogP contribution is 2.16. The Morgan fingerprint density at radius 3 is 2.40 bits per heavy atom. The van der Waals surface area contributed by atoms with Gasteiger partial charge in [-0.05, 0) is 19.0 Å². The van der Waals surface area contributed by atoms with Crippen LogP contribution in [0.4, 0.5) is 0 Å². The van der Waals surface area contributed by atoms with Crippen LogP contribution in [0.2, 0.25) is 0 Å². The summed E-state index contributed by atoms with van der Waals surface area (Å²) in [5.74, 6) is 0. The Hall–Kier alpha value is -0.860. The van der Waals surface area contributed by atoms with Gasteiger partial charge in [0.2, 0.25) is 0 Å². The van der Waals surface area contributed by atoms with Crippen molar-refractivity contribution in [3.63, 3.8) is 0 Å². The number of hydrogen-bond donors (Lipinski definition) is 0. The highest BCUT2D eigenvalue weighted by atomic mass is 15.4. The first kappa shape index (κ1) is 10.7. The predicted molar refractivity (Wildman–Crippen MR) is 63.6 cm³/mol. The van der Waals surface area contributed by atoms with Gasteiger partial charge in [-0.25, -0.2) is 0 Å². The van der Waals surface area contributed by atoms with E-state index in [1.165, 1.54) is 18.7 Å². The van der Waals surface area contributed by atoms with Crippen molar-refractivity contribution in [1.82, 2.24) is 9.80 Å². The third-order valence-corrected chi connectivity index (χ3v) is 3.37. The summed E-state index contributed by atoms with van der Waals surface area (Å²) in [5.41, 5.74) is 1.42. The minimum atomic E-state index is 0.593. The van der Waals surface area contributed by atoms with E-state index in [9.17, 15) is 0 Å². The van der Waals surface area contributed by atoms with Gasteiger partial charge in [0.05, 0.1) is 6.17 Å². The van der Waals surface area contributed by atoms with Crippen LogP contribution in [0.25, 0.3) is 0 Å². The summed E-state index contributed by atoms with van der Waals surface area (Å²) in [6.07, 6.45) is 0.593. The number of nitrogens with zero attached hydrogens (tertiary/aromatic N) is 2. The molecule has 0 spiro atoms. The highest BCUT2D eigenvalue weighted by molar-refractivity contribution is 5.14. The molecule has 0 amide bonds. The number of likely N-dealkylation sites (N-methyl/N-ethyl adjacent to an activating group) is 1. The molecule has 1 aliphatic rings. The van der Waals surface area contributed by atoms with Crippen LogP contribution >= 0.6 is 0 Å². The topological polar surface area (TPSA) is 6.48 Å². The van der Waals surface area contributed by atoms with Gasteiger partial charge in [-0.15, -0.1) is 0 Å². The van der Waals surface area contributed by atoms with Crippen LogP contribution in [0.3, 0.4) is 0 Å². The zero-order valence-corrected chi connectivity index (χ0v) is 9.69. The Morgan fingerprint density at radius 2 is 1.80 bits per heavy atom. The molecule has 2 rings (SSSR count). The monoisotopic (exact) mass is 204 g/mol. The van der Waals surface area contributed by atoms with E-state index in [2.05, 4.69) is 54.0 Å². The van der Waals surface area contributed by atoms with Gasteiger partial charge in [-0.2, -0.15) is 0 Å². The molecule has 1 saturated heterocycles. The van der Waals surface area contributed by atoms with E-state index in [0.717, 1.165) is 13.1 Å². The average molecular weight is 204 g/mol.